The first-order valence-corrected chi connectivity index (χ1v) is 11.0. The van der Waals surface area contributed by atoms with Crippen LogP contribution in [0.3, 0.4) is 0 Å². The van der Waals surface area contributed by atoms with Gasteiger partial charge in [-0.3, -0.25) is 19.3 Å². The van der Waals surface area contributed by atoms with Crippen molar-refractivity contribution in [2.75, 3.05) is 11.7 Å². The molecule has 32 heavy (non-hydrogen) atoms. The Bertz CT molecular complexity index is 1280. The van der Waals surface area contributed by atoms with E-state index in [4.69, 9.17) is 16.3 Å². The Morgan fingerprint density at radius 1 is 1.06 bits per heavy atom. The van der Waals surface area contributed by atoms with Crippen molar-refractivity contribution in [1.82, 2.24) is 9.58 Å². The summed E-state index contributed by atoms with van der Waals surface area (Å²) in [6.07, 6.45) is 1.69. The molecule has 0 bridgehead atoms. The zero-order valence-electron chi connectivity index (χ0n) is 18.2. The van der Waals surface area contributed by atoms with Crippen LogP contribution in [0.25, 0.3) is 0 Å². The largest absolute Gasteiger partial charge is 0.489 e. The van der Waals surface area contributed by atoms with E-state index in [0.29, 0.717) is 29.6 Å². The van der Waals surface area contributed by atoms with E-state index >= 15 is 0 Å². The van der Waals surface area contributed by atoms with Gasteiger partial charge in [-0.05, 0) is 50.1 Å². The quantitative estimate of drug-likeness (QED) is 0.587. The Morgan fingerprint density at radius 3 is 2.62 bits per heavy atom. The van der Waals surface area contributed by atoms with Gasteiger partial charge in [-0.2, -0.15) is 0 Å². The number of benzene rings is 2. The van der Waals surface area contributed by atoms with Crippen molar-refractivity contribution in [3.8, 4) is 5.75 Å². The molecule has 0 radical (unpaired) electrons. The highest BCUT2D eigenvalue weighted by molar-refractivity contribution is 6.30. The maximum atomic E-state index is 13.4. The van der Waals surface area contributed by atoms with Crippen LogP contribution in [0, 0.1) is 6.92 Å². The van der Waals surface area contributed by atoms with Gasteiger partial charge >= 0.3 is 0 Å². The van der Waals surface area contributed by atoms with E-state index in [0.717, 1.165) is 22.4 Å². The first kappa shape index (κ1) is 20.6. The second-order valence-electron chi connectivity index (χ2n) is 8.52. The van der Waals surface area contributed by atoms with Crippen molar-refractivity contribution < 1.29 is 9.53 Å². The van der Waals surface area contributed by atoms with Gasteiger partial charge in [0.2, 0.25) is 0 Å². The molecule has 0 saturated heterocycles. The molecule has 2 aliphatic rings. The second-order valence-corrected chi connectivity index (χ2v) is 8.96. The minimum absolute atomic E-state index is 0.0374. The number of hydrogen-bond donors (Lipinski definition) is 0. The summed E-state index contributed by atoms with van der Waals surface area (Å²) < 4.78 is 7.98. The number of ether oxygens (including phenoxy) is 1. The molecule has 0 aliphatic carbocycles. The normalized spacial score (nSPS) is 17.4. The maximum absolute atomic E-state index is 13.4. The van der Waals surface area contributed by atoms with Crippen LogP contribution in [0.2, 0.25) is 5.02 Å². The number of aromatic nitrogens is 1. The first-order valence-electron chi connectivity index (χ1n) is 10.7. The average Bonchev–Trinajstić information content (AvgIpc) is 2.93. The van der Waals surface area contributed by atoms with Crippen LogP contribution < -0.4 is 15.2 Å². The van der Waals surface area contributed by atoms with Gasteiger partial charge in [-0.25, -0.2) is 0 Å². The minimum atomic E-state index is -0.266. The van der Waals surface area contributed by atoms with Crippen molar-refractivity contribution >= 4 is 17.5 Å². The summed E-state index contributed by atoms with van der Waals surface area (Å²) >= 11 is 6.42. The molecule has 0 saturated carbocycles. The lowest BCUT2D eigenvalue weighted by molar-refractivity contribution is 0.0625. The highest BCUT2D eigenvalue weighted by Gasteiger charge is 2.38. The van der Waals surface area contributed by atoms with Gasteiger partial charge in [0.1, 0.15) is 30.8 Å². The number of halogens is 1. The molecule has 2 aliphatic heterocycles. The maximum Gasteiger partial charge on any atom is 0.274 e. The number of carbonyl (C=O) groups excluding carboxylic acids is 1. The molecular formula is C25H24ClN3O3. The predicted molar refractivity (Wildman–Crippen MR) is 124 cm³/mol. The Labute approximate surface area is 191 Å². The number of amides is 1. The van der Waals surface area contributed by atoms with Crippen molar-refractivity contribution in [2.24, 2.45) is 0 Å². The number of hydrogen-bond acceptors (Lipinski definition) is 4. The van der Waals surface area contributed by atoms with Gasteiger partial charge in [0.05, 0.1) is 0 Å². The zero-order chi connectivity index (χ0) is 22.6. The standard InChI is InChI=1S/C25H24ClN3O3/c1-15(2)27-14-29(28-11-10-21(30)16(3)23(28)25(27)31)24-19-7-5-4-6-17(19)13-32-22-9-8-18(26)12-20(22)24/h4-12,15,24H,13-14H2,1-3H3. The Kier molecular flexibility index (Phi) is 4.97. The third-order valence-corrected chi connectivity index (χ3v) is 6.51. The summed E-state index contributed by atoms with van der Waals surface area (Å²) in [4.78, 5) is 27.6. The van der Waals surface area contributed by atoms with E-state index in [1.165, 1.54) is 6.07 Å². The third kappa shape index (κ3) is 3.17. The van der Waals surface area contributed by atoms with E-state index in [1.807, 2.05) is 48.9 Å². The lowest BCUT2D eigenvalue weighted by Crippen LogP contribution is -2.57. The Hall–Kier alpha value is -3.25. The molecule has 0 fully saturated rings. The summed E-state index contributed by atoms with van der Waals surface area (Å²) in [6.45, 7) is 6.48. The minimum Gasteiger partial charge on any atom is -0.489 e. The van der Waals surface area contributed by atoms with E-state index in [1.54, 1.807) is 18.0 Å². The van der Waals surface area contributed by atoms with Crippen molar-refractivity contribution in [1.29, 1.82) is 0 Å². The summed E-state index contributed by atoms with van der Waals surface area (Å²) in [6, 6.07) is 15.0. The van der Waals surface area contributed by atoms with Gasteiger partial charge < -0.3 is 9.64 Å². The fraction of sp³-hybridized carbons (Fsp3) is 0.280. The van der Waals surface area contributed by atoms with Crippen molar-refractivity contribution in [3.05, 3.63) is 97.9 Å². The van der Waals surface area contributed by atoms with E-state index in [2.05, 4.69) is 17.1 Å². The third-order valence-electron chi connectivity index (χ3n) is 6.28. The van der Waals surface area contributed by atoms with Gasteiger partial charge in [0.15, 0.2) is 5.43 Å². The number of nitrogens with zero attached hydrogens (tertiary/aromatic N) is 3. The van der Waals surface area contributed by atoms with Gasteiger partial charge in [-0.15, -0.1) is 0 Å². The van der Waals surface area contributed by atoms with E-state index in [-0.39, 0.29) is 23.4 Å². The van der Waals surface area contributed by atoms with Crippen LogP contribution in [0.4, 0.5) is 0 Å². The molecule has 1 unspecified atom stereocenters. The monoisotopic (exact) mass is 449 g/mol. The Balaban J connectivity index is 1.80. The van der Waals surface area contributed by atoms with Crippen LogP contribution >= 0.6 is 11.6 Å². The molecule has 0 spiro atoms. The van der Waals surface area contributed by atoms with E-state index < -0.39 is 0 Å². The van der Waals surface area contributed by atoms with Crippen LogP contribution in [0.5, 0.6) is 5.75 Å². The smallest absolute Gasteiger partial charge is 0.274 e. The molecule has 3 heterocycles. The number of fused-ring (bicyclic) bond motifs is 3. The lowest BCUT2D eigenvalue weighted by Gasteiger charge is -2.45. The molecule has 3 aromatic rings. The molecular weight excluding hydrogens is 426 g/mol. The molecule has 1 amide bonds. The van der Waals surface area contributed by atoms with E-state index in [9.17, 15) is 9.59 Å². The molecule has 0 N–H and O–H groups in total. The van der Waals surface area contributed by atoms with Gasteiger partial charge in [-0.1, -0.05) is 35.9 Å². The van der Waals surface area contributed by atoms with Crippen LogP contribution in [0.1, 0.15) is 52.6 Å². The molecule has 6 nitrogen and oxygen atoms in total. The fourth-order valence-electron chi connectivity index (χ4n) is 4.57. The predicted octanol–water partition coefficient (Wildman–Crippen LogP) is 4.25. The molecule has 1 atom stereocenters. The lowest BCUT2D eigenvalue weighted by atomic mass is 9.94. The van der Waals surface area contributed by atoms with Crippen LogP contribution in [-0.4, -0.2) is 28.2 Å². The number of pyridine rings is 1. The van der Waals surface area contributed by atoms with Gasteiger partial charge in [0, 0.05) is 34.5 Å². The number of rotatable bonds is 2. The average molecular weight is 450 g/mol. The zero-order valence-corrected chi connectivity index (χ0v) is 19.0. The van der Waals surface area contributed by atoms with Gasteiger partial charge in [0.25, 0.3) is 5.91 Å². The second kappa shape index (κ2) is 7.71. The first-order chi connectivity index (χ1) is 15.4. The SMILES string of the molecule is Cc1c2n(ccc1=O)N(C1c3ccccc3COc3ccc(Cl)cc31)CN(C(C)C)C2=O. The summed E-state index contributed by atoms with van der Waals surface area (Å²) in [5.41, 5.74) is 3.75. The molecule has 164 valence electrons. The highest BCUT2D eigenvalue weighted by Crippen LogP contribution is 2.41. The molecule has 1 aromatic heterocycles. The number of carbonyl (C=O) groups is 1. The fourth-order valence-corrected chi connectivity index (χ4v) is 4.75. The highest BCUT2D eigenvalue weighted by atomic mass is 35.5. The summed E-state index contributed by atoms with van der Waals surface area (Å²) in [5.74, 6) is 0.610. The van der Waals surface area contributed by atoms with Crippen LogP contribution in [0.15, 0.2) is 59.5 Å². The van der Waals surface area contributed by atoms with Crippen LogP contribution in [-0.2, 0) is 6.61 Å². The molecule has 7 heteroatoms. The molecule has 5 rings (SSSR count). The Morgan fingerprint density at radius 2 is 1.84 bits per heavy atom. The summed E-state index contributed by atoms with van der Waals surface area (Å²) in [7, 11) is 0. The topological polar surface area (TPSA) is 54.8 Å². The molecule has 2 aromatic carbocycles. The van der Waals surface area contributed by atoms with Crippen molar-refractivity contribution in [3.63, 3.8) is 0 Å². The summed E-state index contributed by atoms with van der Waals surface area (Å²) in [5, 5.41) is 2.73. The van der Waals surface area contributed by atoms with Crippen molar-refractivity contribution in [2.45, 2.75) is 39.5 Å².